The van der Waals surface area contributed by atoms with Gasteiger partial charge in [0, 0.05) is 6.54 Å². The Morgan fingerprint density at radius 2 is 1.89 bits per heavy atom. The molecule has 98 valence electrons. The third-order valence-corrected chi connectivity index (χ3v) is 2.80. The van der Waals surface area contributed by atoms with Crippen molar-refractivity contribution in [2.45, 2.75) is 41.2 Å². The molecule has 2 aromatic rings. The average molecular weight is 248 g/mol. The molecule has 18 heavy (non-hydrogen) atoms. The van der Waals surface area contributed by atoms with E-state index in [0.29, 0.717) is 17.4 Å². The Kier molecular flexibility index (Phi) is 4.48. The van der Waals surface area contributed by atoms with Crippen molar-refractivity contribution in [1.82, 2.24) is 9.55 Å². The van der Waals surface area contributed by atoms with E-state index in [9.17, 15) is 9.90 Å². The van der Waals surface area contributed by atoms with Gasteiger partial charge in [-0.15, -0.1) is 0 Å². The number of aryl methyl sites for hydroxylation is 3. The molecule has 0 spiro atoms. The molecule has 0 aliphatic carbocycles. The van der Waals surface area contributed by atoms with Gasteiger partial charge in [0.05, 0.1) is 11.7 Å². The number of rotatable bonds is 1. The number of hydrogen-bond donors (Lipinski definition) is 1. The highest BCUT2D eigenvalue weighted by Gasteiger charge is 2.12. The number of hydrogen-bond acceptors (Lipinski definition) is 3. The summed E-state index contributed by atoms with van der Waals surface area (Å²) in [4.78, 5) is 16.2. The van der Waals surface area contributed by atoms with E-state index in [0.717, 1.165) is 11.1 Å². The van der Waals surface area contributed by atoms with Crippen LogP contribution >= 0.6 is 0 Å². The molecule has 0 saturated carbocycles. The standard InChI is InChI=1S/C12H14N2O2.C2H6/c1-4-14-6-13-10-9(12(14)16)7(2)5-8(3)11(10)15;1-2/h5-6,15H,4H2,1-3H3;1-2H3. The van der Waals surface area contributed by atoms with Crippen molar-refractivity contribution in [2.75, 3.05) is 0 Å². The van der Waals surface area contributed by atoms with Crippen LogP contribution in [0.3, 0.4) is 0 Å². The number of aromatic nitrogens is 2. The Morgan fingerprint density at radius 1 is 1.28 bits per heavy atom. The largest absolute Gasteiger partial charge is 0.505 e. The van der Waals surface area contributed by atoms with Gasteiger partial charge in [0.2, 0.25) is 0 Å². The van der Waals surface area contributed by atoms with Crippen LogP contribution in [0.2, 0.25) is 0 Å². The molecule has 1 aromatic heterocycles. The Hall–Kier alpha value is -1.84. The summed E-state index contributed by atoms with van der Waals surface area (Å²) in [6, 6.07) is 1.81. The van der Waals surface area contributed by atoms with Crippen LogP contribution in [0.15, 0.2) is 17.2 Å². The van der Waals surface area contributed by atoms with Gasteiger partial charge in [-0.1, -0.05) is 19.9 Å². The lowest BCUT2D eigenvalue weighted by Gasteiger charge is -2.08. The number of fused-ring (bicyclic) bond motifs is 1. The molecule has 0 atom stereocenters. The van der Waals surface area contributed by atoms with Crippen LogP contribution in [0.5, 0.6) is 5.75 Å². The minimum absolute atomic E-state index is 0.0969. The number of phenolic OH excluding ortho intramolecular Hbond substituents is 1. The van der Waals surface area contributed by atoms with E-state index in [1.807, 2.05) is 27.7 Å². The van der Waals surface area contributed by atoms with Gasteiger partial charge in [-0.3, -0.25) is 9.36 Å². The third kappa shape index (κ3) is 2.23. The molecule has 2 rings (SSSR count). The zero-order valence-electron chi connectivity index (χ0n) is 11.6. The van der Waals surface area contributed by atoms with E-state index in [1.54, 1.807) is 13.0 Å². The van der Waals surface area contributed by atoms with Crippen LogP contribution in [-0.4, -0.2) is 14.7 Å². The van der Waals surface area contributed by atoms with Gasteiger partial charge in [0.15, 0.2) is 0 Å². The lowest BCUT2D eigenvalue weighted by molar-refractivity contribution is 0.475. The van der Waals surface area contributed by atoms with E-state index >= 15 is 0 Å². The van der Waals surface area contributed by atoms with Crippen LogP contribution < -0.4 is 5.56 Å². The van der Waals surface area contributed by atoms with Gasteiger partial charge in [0.1, 0.15) is 11.3 Å². The molecule has 0 aliphatic heterocycles. The van der Waals surface area contributed by atoms with Crippen molar-refractivity contribution >= 4 is 10.9 Å². The van der Waals surface area contributed by atoms with Crippen LogP contribution in [0, 0.1) is 13.8 Å². The minimum Gasteiger partial charge on any atom is -0.505 e. The van der Waals surface area contributed by atoms with Gasteiger partial charge >= 0.3 is 0 Å². The highest BCUT2D eigenvalue weighted by atomic mass is 16.3. The van der Waals surface area contributed by atoms with E-state index in [2.05, 4.69) is 4.98 Å². The molecule has 0 amide bonds. The first kappa shape index (κ1) is 14.2. The fourth-order valence-corrected chi connectivity index (χ4v) is 1.90. The molecule has 1 heterocycles. The summed E-state index contributed by atoms with van der Waals surface area (Å²) in [5, 5.41) is 10.4. The SMILES string of the molecule is CC.CCn1cnc2c(O)c(C)cc(C)c2c1=O. The Balaban J connectivity index is 0.000000771. The van der Waals surface area contributed by atoms with Gasteiger partial charge in [-0.05, 0) is 31.9 Å². The molecule has 1 aromatic carbocycles. The van der Waals surface area contributed by atoms with Crippen LogP contribution in [0.1, 0.15) is 31.9 Å². The molecule has 0 unspecified atom stereocenters. The average Bonchev–Trinajstić information content (AvgIpc) is 2.38. The molecule has 0 bridgehead atoms. The summed E-state index contributed by atoms with van der Waals surface area (Å²) in [6.45, 7) is 10.1. The zero-order chi connectivity index (χ0) is 13.9. The number of phenols is 1. The van der Waals surface area contributed by atoms with Crippen LogP contribution in [0.4, 0.5) is 0 Å². The van der Waals surface area contributed by atoms with Crippen LogP contribution in [0.25, 0.3) is 10.9 Å². The molecule has 0 fully saturated rings. The Morgan fingerprint density at radius 3 is 2.44 bits per heavy atom. The van der Waals surface area contributed by atoms with E-state index in [-0.39, 0.29) is 11.3 Å². The van der Waals surface area contributed by atoms with Crippen molar-refractivity contribution < 1.29 is 5.11 Å². The molecule has 0 saturated heterocycles. The summed E-state index contributed by atoms with van der Waals surface area (Å²) in [5.74, 6) is 0.0981. The maximum absolute atomic E-state index is 12.1. The zero-order valence-corrected chi connectivity index (χ0v) is 11.6. The molecule has 0 radical (unpaired) electrons. The first-order chi connectivity index (χ1) is 8.56. The monoisotopic (exact) mass is 248 g/mol. The third-order valence-electron chi connectivity index (χ3n) is 2.80. The second-order valence-corrected chi connectivity index (χ2v) is 3.92. The molecule has 4 heteroatoms. The van der Waals surface area contributed by atoms with Crippen molar-refractivity contribution in [3.05, 3.63) is 33.9 Å². The van der Waals surface area contributed by atoms with Gasteiger partial charge < -0.3 is 5.11 Å². The topological polar surface area (TPSA) is 55.1 Å². The van der Waals surface area contributed by atoms with Crippen LogP contribution in [-0.2, 0) is 6.54 Å². The molecule has 4 nitrogen and oxygen atoms in total. The smallest absolute Gasteiger partial charge is 0.261 e. The lowest BCUT2D eigenvalue weighted by atomic mass is 10.1. The predicted molar refractivity (Wildman–Crippen MR) is 74.2 cm³/mol. The quantitative estimate of drug-likeness (QED) is 0.844. The maximum Gasteiger partial charge on any atom is 0.261 e. The van der Waals surface area contributed by atoms with Gasteiger partial charge in [-0.25, -0.2) is 4.98 Å². The predicted octanol–water partition coefficient (Wildman–Crippen LogP) is 2.77. The first-order valence-corrected chi connectivity index (χ1v) is 6.24. The highest BCUT2D eigenvalue weighted by Crippen LogP contribution is 2.26. The fraction of sp³-hybridized carbons (Fsp3) is 0.429. The first-order valence-electron chi connectivity index (χ1n) is 6.24. The normalized spacial score (nSPS) is 10.1. The van der Waals surface area contributed by atoms with Crippen molar-refractivity contribution in [3.8, 4) is 5.75 Å². The van der Waals surface area contributed by atoms with Crippen molar-refractivity contribution in [1.29, 1.82) is 0 Å². The Bertz CT molecular complexity index is 615. The summed E-state index contributed by atoms with van der Waals surface area (Å²) in [5.41, 5.74) is 1.89. The second-order valence-electron chi connectivity index (χ2n) is 3.92. The fourth-order valence-electron chi connectivity index (χ4n) is 1.90. The lowest BCUT2D eigenvalue weighted by Crippen LogP contribution is -2.20. The van der Waals surface area contributed by atoms with E-state index < -0.39 is 0 Å². The molecule has 0 aliphatic rings. The second kappa shape index (κ2) is 5.67. The minimum atomic E-state index is -0.0969. The molecular formula is C14H20N2O2. The van der Waals surface area contributed by atoms with Gasteiger partial charge in [0.25, 0.3) is 5.56 Å². The summed E-state index contributed by atoms with van der Waals surface area (Å²) in [7, 11) is 0. The van der Waals surface area contributed by atoms with E-state index in [1.165, 1.54) is 10.9 Å². The number of benzene rings is 1. The van der Waals surface area contributed by atoms with E-state index in [4.69, 9.17) is 0 Å². The Labute approximate surface area is 107 Å². The number of aromatic hydroxyl groups is 1. The summed E-state index contributed by atoms with van der Waals surface area (Å²) >= 11 is 0. The maximum atomic E-state index is 12.1. The number of nitrogens with zero attached hydrogens (tertiary/aromatic N) is 2. The molecule has 1 N–H and O–H groups in total. The summed E-state index contributed by atoms with van der Waals surface area (Å²) < 4.78 is 1.53. The van der Waals surface area contributed by atoms with Crippen molar-refractivity contribution in [2.24, 2.45) is 0 Å². The summed E-state index contributed by atoms with van der Waals surface area (Å²) in [6.07, 6.45) is 1.48. The highest BCUT2D eigenvalue weighted by molar-refractivity contribution is 5.87. The van der Waals surface area contributed by atoms with Gasteiger partial charge in [-0.2, -0.15) is 0 Å². The molecular weight excluding hydrogens is 228 g/mol. The van der Waals surface area contributed by atoms with Crippen molar-refractivity contribution in [3.63, 3.8) is 0 Å².